The van der Waals surface area contributed by atoms with Crippen molar-refractivity contribution in [3.8, 4) is 0 Å². The quantitative estimate of drug-likeness (QED) is 0.884. The van der Waals surface area contributed by atoms with Gasteiger partial charge in [-0.1, -0.05) is 17.7 Å². The molecule has 1 saturated heterocycles. The van der Waals surface area contributed by atoms with Crippen molar-refractivity contribution in [3.63, 3.8) is 0 Å². The van der Waals surface area contributed by atoms with Crippen LogP contribution in [0.5, 0.6) is 0 Å². The van der Waals surface area contributed by atoms with Crippen LogP contribution >= 0.6 is 11.6 Å². The van der Waals surface area contributed by atoms with Gasteiger partial charge in [-0.2, -0.15) is 0 Å². The SMILES string of the molecule is CC(C)(C)OC(=O)N1CC2C(C1)C2NC1CCc2cc(Cl)ccc21. The van der Waals surface area contributed by atoms with Crippen molar-refractivity contribution in [2.75, 3.05) is 13.1 Å². The van der Waals surface area contributed by atoms with E-state index in [9.17, 15) is 4.79 Å². The van der Waals surface area contributed by atoms with Crippen molar-refractivity contribution in [3.05, 3.63) is 34.3 Å². The van der Waals surface area contributed by atoms with E-state index >= 15 is 0 Å². The Bertz CT molecular complexity index is 658. The topological polar surface area (TPSA) is 41.6 Å². The summed E-state index contributed by atoms with van der Waals surface area (Å²) in [5.41, 5.74) is 2.35. The first-order chi connectivity index (χ1) is 11.3. The molecule has 4 nitrogen and oxygen atoms in total. The first kappa shape index (κ1) is 16.2. The standard InChI is InChI=1S/C19H25ClN2O2/c1-19(2,3)24-18(23)22-9-14-15(10-22)17(14)21-16-7-4-11-8-12(20)5-6-13(11)16/h5-6,8,14-17,21H,4,7,9-10H2,1-3H3. The van der Waals surface area contributed by atoms with E-state index in [0.717, 1.165) is 31.0 Å². The maximum Gasteiger partial charge on any atom is 0.410 e. The Morgan fingerprint density at radius 3 is 2.67 bits per heavy atom. The van der Waals surface area contributed by atoms with E-state index in [4.69, 9.17) is 16.3 Å². The fourth-order valence-corrected chi connectivity index (χ4v) is 4.44. The van der Waals surface area contributed by atoms with Gasteiger partial charge in [0.15, 0.2) is 0 Å². The van der Waals surface area contributed by atoms with Crippen molar-refractivity contribution in [1.82, 2.24) is 10.2 Å². The highest BCUT2D eigenvalue weighted by atomic mass is 35.5. The third-order valence-corrected chi connectivity index (χ3v) is 5.66. The number of rotatable bonds is 2. The second-order valence-corrected chi connectivity index (χ2v) is 8.78. The van der Waals surface area contributed by atoms with Crippen LogP contribution in [0.1, 0.15) is 44.4 Å². The molecule has 1 aromatic rings. The van der Waals surface area contributed by atoms with E-state index in [-0.39, 0.29) is 6.09 Å². The van der Waals surface area contributed by atoms with Gasteiger partial charge in [0.1, 0.15) is 5.60 Å². The highest BCUT2D eigenvalue weighted by Gasteiger charge is 2.57. The molecule has 3 aliphatic rings. The third-order valence-electron chi connectivity index (χ3n) is 5.42. The second-order valence-electron chi connectivity index (χ2n) is 8.34. The van der Waals surface area contributed by atoms with E-state index in [1.165, 1.54) is 11.1 Å². The lowest BCUT2D eigenvalue weighted by Gasteiger charge is -2.26. The van der Waals surface area contributed by atoms with Gasteiger partial charge >= 0.3 is 6.09 Å². The number of halogens is 1. The van der Waals surface area contributed by atoms with E-state index < -0.39 is 5.60 Å². The molecule has 3 atom stereocenters. The molecule has 0 spiro atoms. The number of amides is 1. The predicted molar refractivity (Wildman–Crippen MR) is 94.2 cm³/mol. The Balaban J connectivity index is 1.32. The molecule has 0 radical (unpaired) electrons. The number of ether oxygens (including phenoxy) is 1. The van der Waals surface area contributed by atoms with Crippen molar-refractivity contribution < 1.29 is 9.53 Å². The molecule has 1 amide bonds. The molecule has 2 aliphatic carbocycles. The fourth-order valence-electron chi connectivity index (χ4n) is 4.24. The molecule has 4 rings (SSSR count). The molecule has 1 aromatic carbocycles. The van der Waals surface area contributed by atoms with Gasteiger partial charge in [0.05, 0.1) is 0 Å². The van der Waals surface area contributed by atoms with Gasteiger partial charge in [0.25, 0.3) is 0 Å². The van der Waals surface area contributed by atoms with Gasteiger partial charge < -0.3 is 15.0 Å². The van der Waals surface area contributed by atoms with Crippen molar-refractivity contribution in [2.24, 2.45) is 11.8 Å². The highest BCUT2D eigenvalue weighted by Crippen LogP contribution is 2.48. The van der Waals surface area contributed by atoms with Gasteiger partial charge in [0.2, 0.25) is 0 Å². The average molecular weight is 349 g/mol. The summed E-state index contributed by atoms with van der Waals surface area (Å²) in [7, 11) is 0. The number of carbonyl (C=O) groups is 1. The zero-order chi connectivity index (χ0) is 17.1. The lowest BCUT2D eigenvalue weighted by Crippen LogP contribution is -2.39. The molecular formula is C19H25ClN2O2. The third kappa shape index (κ3) is 3.02. The Labute approximate surface area is 148 Å². The number of benzene rings is 1. The van der Waals surface area contributed by atoms with Crippen molar-refractivity contribution in [2.45, 2.75) is 51.3 Å². The lowest BCUT2D eigenvalue weighted by atomic mass is 10.1. The second kappa shape index (κ2) is 5.63. The van der Waals surface area contributed by atoms with Gasteiger partial charge in [-0.15, -0.1) is 0 Å². The fraction of sp³-hybridized carbons (Fsp3) is 0.632. The molecule has 130 valence electrons. The molecule has 0 aromatic heterocycles. The number of carbonyl (C=O) groups excluding carboxylic acids is 1. The molecular weight excluding hydrogens is 324 g/mol. The van der Waals surface area contributed by atoms with E-state index in [0.29, 0.717) is 23.9 Å². The lowest BCUT2D eigenvalue weighted by molar-refractivity contribution is 0.0268. The number of hydrogen-bond acceptors (Lipinski definition) is 3. The largest absolute Gasteiger partial charge is 0.444 e. The molecule has 1 saturated carbocycles. The molecule has 1 heterocycles. The highest BCUT2D eigenvalue weighted by molar-refractivity contribution is 6.30. The molecule has 24 heavy (non-hydrogen) atoms. The maximum absolute atomic E-state index is 12.1. The van der Waals surface area contributed by atoms with Crippen LogP contribution in [0.15, 0.2) is 18.2 Å². The zero-order valence-corrected chi connectivity index (χ0v) is 15.3. The summed E-state index contributed by atoms with van der Waals surface area (Å²) in [4.78, 5) is 14.0. The van der Waals surface area contributed by atoms with E-state index in [1.54, 1.807) is 0 Å². The van der Waals surface area contributed by atoms with E-state index in [1.807, 2.05) is 31.7 Å². The summed E-state index contributed by atoms with van der Waals surface area (Å²) in [6.45, 7) is 7.37. The minimum atomic E-state index is -0.420. The van der Waals surface area contributed by atoms with Crippen LogP contribution in [-0.4, -0.2) is 35.7 Å². The summed E-state index contributed by atoms with van der Waals surface area (Å²) in [5.74, 6) is 1.16. The smallest absolute Gasteiger partial charge is 0.410 e. The summed E-state index contributed by atoms with van der Waals surface area (Å²) in [6.07, 6.45) is 2.07. The average Bonchev–Trinajstić information content (AvgIpc) is 2.87. The molecule has 1 N–H and O–H groups in total. The van der Waals surface area contributed by atoms with Crippen LogP contribution in [0.25, 0.3) is 0 Å². The van der Waals surface area contributed by atoms with E-state index in [2.05, 4.69) is 17.4 Å². The van der Waals surface area contributed by atoms with Gasteiger partial charge in [0, 0.05) is 30.2 Å². The first-order valence-corrected chi connectivity index (χ1v) is 9.22. The van der Waals surface area contributed by atoms with Crippen LogP contribution in [0.2, 0.25) is 5.02 Å². The zero-order valence-electron chi connectivity index (χ0n) is 14.5. The minimum Gasteiger partial charge on any atom is -0.444 e. The van der Waals surface area contributed by atoms with Crippen LogP contribution in [-0.2, 0) is 11.2 Å². The maximum atomic E-state index is 12.1. The van der Waals surface area contributed by atoms with Gasteiger partial charge in [-0.3, -0.25) is 0 Å². The Kier molecular flexibility index (Phi) is 3.81. The van der Waals surface area contributed by atoms with Crippen LogP contribution in [0, 0.1) is 11.8 Å². The normalized spacial score (nSPS) is 30.9. The Morgan fingerprint density at radius 2 is 2.00 bits per heavy atom. The monoisotopic (exact) mass is 348 g/mol. The number of nitrogens with zero attached hydrogens (tertiary/aromatic N) is 1. The van der Waals surface area contributed by atoms with Gasteiger partial charge in [-0.25, -0.2) is 4.79 Å². The number of aryl methyl sites for hydroxylation is 1. The van der Waals surface area contributed by atoms with Crippen molar-refractivity contribution >= 4 is 17.7 Å². The molecule has 3 unspecified atom stereocenters. The Morgan fingerprint density at radius 1 is 1.29 bits per heavy atom. The summed E-state index contributed by atoms with van der Waals surface area (Å²) in [6, 6.07) is 7.21. The number of fused-ring (bicyclic) bond motifs is 2. The minimum absolute atomic E-state index is 0.172. The van der Waals surface area contributed by atoms with Gasteiger partial charge in [-0.05, 0) is 68.7 Å². The predicted octanol–water partition coefficient (Wildman–Crippen LogP) is 3.78. The Hall–Kier alpha value is -1.26. The van der Waals surface area contributed by atoms with Crippen LogP contribution in [0.3, 0.4) is 0 Å². The number of hydrogen-bond donors (Lipinski definition) is 1. The molecule has 1 aliphatic heterocycles. The van der Waals surface area contributed by atoms with Crippen LogP contribution in [0.4, 0.5) is 4.79 Å². The summed E-state index contributed by atoms with van der Waals surface area (Å²) >= 11 is 6.09. The van der Waals surface area contributed by atoms with Crippen molar-refractivity contribution in [1.29, 1.82) is 0 Å². The molecule has 0 bridgehead atoms. The first-order valence-electron chi connectivity index (χ1n) is 8.84. The number of nitrogens with one attached hydrogen (secondary N) is 1. The molecule has 5 heteroatoms. The molecule has 2 fully saturated rings. The summed E-state index contributed by atoms with van der Waals surface area (Å²) < 4.78 is 5.47. The number of likely N-dealkylation sites (tertiary alicyclic amines) is 1. The summed E-state index contributed by atoms with van der Waals surface area (Å²) in [5, 5.41) is 4.64. The number of piperidine rings is 1. The van der Waals surface area contributed by atoms with Crippen LogP contribution < -0.4 is 5.32 Å².